The molecule has 0 radical (unpaired) electrons. The number of ether oxygens (including phenoxy) is 3. The van der Waals surface area contributed by atoms with Crippen LogP contribution in [0.4, 0.5) is 10.2 Å². The first-order valence-corrected chi connectivity index (χ1v) is 17.7. The van der Waals surface area contributed by atoms with Crippen LogP contribution in [0, 0.1) is 5.82 Å². The molecule has 4 aromatic heterocycles. The van der Waals surface area contributed by atoms with E-state index in [1.54, 1.807) is 0 Å². The number of anilines is 1. The number of halogens is 1. The third-order valence-electron chi connectivity index (χ3n) is 8.17. The molecule has 4 aliphatic rings. The average Bonchev–Trinajstić information content (AvgIpc) is 3.80. The lowest BCUT2D eigenvalue weighted by atomic mass is 10.0. The first-order chi connectivity index (χ1) is 21.9. The Bertz CT molecular complexity index is 2030. The van der Waals surface area contributed by atoms with Gasteiger partial charge in [0.2, 0.25) is 0 Å². The summed E-state index contributed by atoms with van der Waals surface area (Å²) in [6, 6.07) is 0. The van der Waals surface area contributed by atoms with Gasteiger partial charge >= 0.3 is 14.6 Å². The number of fused-ring (bicyclic) bond motifs is 4. The second kappa shape index (κ2) is 10.6. The van der Waals surface area contributed by atoms with Gasteiger partial charge < -0.3 is 39.5 Å². The first-order valence-electron chi connectivity index (χ1n) is 13.5. The number of H-pyrrole nitrogens is 1. The first kappa shape index (κ1) is 30.5. The zero-order valence-corrected chi connectivity index (χ0v) is 25.6. The summed E-state index contributed by atoms with van der Waals surface area (Å²) in [5.41, 5.74) is 3.78. The van der Waals surface area contributed by atoms with E-state index in [1.807, 2.05) is 0 Å². The molecule has 8 heterocycles. The maximum absolute atomic E-state index is 14.8. The predicted molar refractivity (Wildman–Crippen MR) is 151 cm³/mol. The summed E-state index contributed by atoms with van der Waals surface area (Å²) in [6.07, 6.45) is -5.19. The molecule has 4 fully saturated rings. The summed E-state index contributed by atoms with van der Waals surface area (Å²) < 4.78 is 84.5. The highest BCUT2D eigenvalue weighted by atomic mass is 32.7. The molecule has 0 amide bonds. The highest BCUT2D eigenvalue weighted by Crippen LogP contribution is 2.61. The van der Waals surface area contributed by atoms with E-state index in [-0.39, 0.29) is 29.2 Å². The predicted octanol–water partition coefficient (Wildman–Crippen LogP) is 0.166. The van der Waals surface area contributed by atoms with Gasteiger partial charge in [-0.2, -0.15) is 0 Å². The van der Waals surface area contributed by atoms with Crippen molar-refractivity contribution in [1.29, 1.82) is 0 Å². The van der Waals surface area contributed by atoms with Crippen LogP contribution in [0.5, 0.6) is 0 Å². The lowest BCUT2D eigenvalue weighted by Crippen LogP contribution is -2.45. The number of thiol groups is 1. The number of rotatable bonds is 2. The summed E-state index contributed by atoms with van der Waals surface area (Å²) in [7, 11) is -5.11. The fourth-order valence-electron chi connectivity index (χ4n) is 6.09. The number of nitrogens with one attached hydrogen (secondary N) is 1. The molecule has 0 aliphatic carbocycles. The molecule has 4 saturated heterocycles. The molecule has 10 atom stereocenters. The van der Waals surface area contributed by atoms with E-state index in [1.165, 1.54) is 17.2 Å². The monoisotopic (exact) mass is 704 g/mol. The van der Waals surface area contributed by atoms with E-state index < -0.39 is 93.2 Å². The molecule has 0 spiro atoms. The quantitative estimate of drug-likeness (QED) is 0.138. The Morgan fingerprint density at radius 1 is 1.09 bits per heavy atom. The molecular formula is C22H23FN8O12P2S. The van der Waals surface area contributed by atoms with Crippen LogP contribution in [0.2, 0.25) is 0 Å². The van der Waals surface area contributed by atoms with Gasteiger partial charge in [-0.1, -0.05) is 12.2 Å². The summed E-state index contributed by atoms with van der Waals surface area (Å²) in [5.74, 6) is -0.879. The number of aliphatic hydroxyl groups excluding tert-OH is 1. The maximum Gasteiger partial charge on any atom is 0.472 e. The largest absolute Gasteiger partial charge is 0.472 e. The van der Waals surface area contributed by atoms with E-state index >= 15 is 0 Å². The van der Waals surface area contributed by atoms with E-state index in [4.69, 9.17) is 38.0 Å². The van der Waals surface area contributed by atoms with Gasteiger partial charge in [0.05, 0.1) is 32.5 Å². The molecule has 4 aliphatic heterocycles. The maximum atomic E-state index is 14.8. The van der Waals surface area contributed by atoms with Crippen molar-refractivity contribution < 1.29 is 55.8 Å². The molecule has 24 heteroatoms. The van der Waals surface area contributed by atoms with E-state index in [0.717, 1.165) is 17.1 Å². The van der Waals surface area contributed by atoms with Crippen LogP contribution in [-0.2, 0) is 41.4 Å². The number of nitrogens with two attached hydrogens (primary N) is 1. The number of nitrogens with zero attached hydrogens (tertiary/aromatic N) is 6. The van der Waals surface area contributed by atoms with Gasteiger partial charge in [-0.15, -0.1) is 0 Å². The second-order valence-corrected chi connectivity index (χ2v) is 15.2. The molecule has 0 aromatic carbocycles. The topological polar surface area (TPSA) is 260 Å². The van der Waals surface area contributed by atoms with Crippen molar-refractivity contribution in [3.05, 3.63) is 41.3 Å². The van der Waals surface area contributed by atoms with Crippen molar-refractivity contribution in [3.63, 3.8) is 0 Å². The minimum atomic E-state index is -5.11. The van der Waals surface area contributed by atoms with Gasteiger partial charge in [0, 0.05) is 6.20 Å². The number of aromatic nitrogens is 7. The van der Waals surface area contributed by atoms with Gasteiger partial charge in [-0.3, -0.25) is 27.5 Å². The summed E-state index contributed by atoms with van der Waals surface area (Å²) >= 11 is 4.11. The summed E-state index contributed by atoms with van der Waals surface area (Å²) in [6.45, 7) is -5.92. The third kappa shape index (κ3) is 4.75. The van der Waals surface area contributed by atoms with Crippen molar-refractivity contribution in [2.45, 2.75) is 48.6 Å². The zero-order valence-electron chi connectivity index (χ0n) is 22.9. The van der Waals surface area contributed by atoms with Crippen molar-refractivity contribution in [3.8, 4) is 0 Å². The Morgan fingerprint density at radius 2 is 1.91 bits per heavy atom. The summed E-state index contributed by atoms with van der Waals surface area (Å²) in [4.78, 5) is 41.7. The number of hydrogen-bond acceptors (Lipinski definition) is 16. The number of imidazole rings is 1. The van der Waals surface area contributed by atoms with Crippen LogP contribution in [0.3, 0.4) is 0 Å². The van der Waals surface area contributed by atoms with Crippen LogP contribution in [0.1, 0.15) is 12.5 Å². The Labute approximate surface area is 260 Å². The summed E-state index contributed by atoms with van der Waals surface area (Å²) in [5, 5.41) is 10.7. The van der Waals surface area contributed by atoms with Crippen LogP contribution in [0.15, 0.2) is 30.0 Å². The number of aromatic amines is 1. The van der Waals surface area contributed by atoms with Crippen LogP contribution in [-0.4, -0.2) is 100.0 Å². The molecule has 0 saturated carbocycles. The number of phosphoric ester groups is 1. The Balaban J connectivity index is 1.15. The Hall–Kier alpha value is -2.85. The Kier molecular flexibility index (Phi) is 7.01. The standard InChI is InChI=1S/C22H23FN8O12P2S/c23-8-1-30(17-10(8)19(33)28-6-26-17)20-13-12(32)9(40-20)2-38-45(36,46)43-15-14-21(31-7-29-11-16(24)25-5-27-18(11)31)41-22(15,3-37-14)4-39-44(34,35)42-13/h1,5-7,9,12-15,20-21,32H,2-4H2,(H,34,35)(H,36,46)(H2,24,25,27)(H,26,28,33)/t9-,12-,13-,14-,15+,20-,21-,22-,45?/m1/s1. The highest BCUT2D eigenvalue weighted by molar-refractivity contribution is 8.44. The number of phosphoric acid groups is 1. The average molecular weight is 704 g/mol. The van der Waals surface area contributed by atoms with Crippen LogP contribution in [0.25, 0.3) is 22.2 Å². The number of aliphatic hydroxyl groups is 1. The van der Waals surface area contributed by atoms with Gasteiger partial charge in [-0.25, -0.2) is 33.5 Å². The lowest BCUT2D eigenvalue weighted by molar-refractivity contribution is -0.184. The molecule has 4 aromatic rings. The van der Waals surface area contributed by atoms with Gasteiger partial charge in [0.15, 0.2) is 35.4 Å². The van der Waals surface area contributed by atoms with Crippen molar-refractivity contribution in [2.75, 3.05) is 25.6 Å². The van der Waals surface area contributed by atoms with E-state index in [2.05, 4.69) is 37.2 Å². The SMILES string of the molecule is Nc1ncnc2c1ncn2[C@@H]1O[C@@]23CO[C@@H]1[C@@H]2OP(=O)(S)OC[C@H]1O[C@@H](n2cc(F)c4c(=O)[nH]cnc42)[C@H](OP(=O)(O)OC3)[C@@H]1O. The molecule has 246 valence electrons. The molecule has 8 rings (SSSR count). The normalized spacial score (nSPS) is 39.7. The minimum absolute atomic E-state index is 0.107. The van der Waals surface area contributed by atoms with Crippen LogP contribution < -0.4 is 11.3 Å². The third-order valence-corrected chi connectivity index (χ3v) is 10.7. The zero-order chi connectivity index (χ0) is 32.2. The van der Waals surface area contributed by atoms with Gasteiger partial charge in [-0.05, 0) is 0 Å². The molecule has 5 N–H and O–H groups in total. The van der Waals surface area contributed by atoms with Gasteiger partial charge in [0.1, 0.15) is 53.4 Å². The lowest BCUT2D eigenvalue weighted by Gasteiger charge is -2.32. The smallest absolute Gasteiger partial charge is 0.387 e. The van der Waals surface area contributed by atoms with Crippen LogP contribution >= 0.6 is 26.9 Å². The molecule has 4 bridgehead atoms. The van der Waals surface area contributed by atoms with E-state index in [0.29, 0.717) is 0 Å². The number of nitrogen functional groups attached to an aromatic ring is 1. The minimum Gasteiger partial charge on any atom is -0.387 e. The number of hydrogen-bond donors (Lipinski definition) is 5. The van der Waals surface area contributed by atoms with Crippen molar-refractivity contribution >= 4 is 54.9 Å². The fraction of sp³-hybridized carbons (Fsp3) is 0.500. The van der Waals surface area contributed by atoms with Crippen molar-refractivity contribution in [2.24, 2.45) is 0 Å². The second-order valence-electron chi connectivity index (χ2n) is 10.9. The fourth-order valence-corrected chi connectivity index (χ4v) is 8.56. The van der Waals surface area contributed by atoms with Crippen molar-refractivity contribution in [1.82, 2.24) is 34.1 Å². The molecule has 2 unspecified atom stereocenters. The van der Waals surface area contributed by atoms with E-state index in [9.17, 15) is 28.3 Å². The molecule has 20 nitrogen and oxygen atoms in total. The molecular weight excluding hydrogens is 681 g/mol. The highest BCUT2D eigenvalue weighted by Gasteiger charge is 2.66. The van der Waals surface area contributed by atoms with Gasteiger partial charge in [0.25, 0.3) is 5.56 Å². The molecule has 46 heavy (non-hydrogen) atoms. The Morgan fingerprint density at radius 3 is 2.74 bits per heavy atom.